The molecular formula is C20H20FN7. The Balaban J connectivity index is 1.27. The van der Waals surface area contributed by atoms with Crippen LogP contribution >= 0.6 is 0 Å². The van der Waals surface area contributed by atoms with E-state index in [4.69, 9.17) is 5.26 Å². The number of piperidine rings is 1. The lowest BCUT2D eigenvalue weighted by Crippen LogP contribution is -2.38. The Morgan fingerprint density at radius 2 is 2.07 bits per heavy atom. The third-order valence-corrected chi connectivity index (χ3v) is 5.82. The van der Waals surface area contributed by atoms with E-state index in [1.165, 1.54) is 11.8 Å². The highest BCUT2D eigenvalue weighted by molar-refractivity contribution is 5.61. The first kappa shape index (κ1) is 17.1. The van der Waals surface area contributed by atoms with Crippen LogP contribution in [0.3, 0.4) is 0 Å². The third kappa shape index (κ3) is 2.89. The third-order valence-electron chi connectivity index (χ3n) is 5.82. The van der Waals surface area contributed by atoms with Crippen molar-refractivity contribution in [3.8, 4) is 17.5 Å². The number of halogens is 1. The summed E-state index contributed by atoms with van der Waals surface area (Å²) in [6.07, 6.45) is 5.60. The van der Waals surface area contributed by atoms with Crippen molar-refractivity contribution >= 4 is 0 Å². The van der Waals surface area contributed by atoms with Gasteiger partial charge in [-0.1, -0.05) is 6.07 Å². The molecule has 0 spiro atoms. The van der Waals surface area contributed by atoms with Gasteiger partial charge in [-0.3, -0.25) is 10.4 Å². The predicted octanol–water partition coefficient (Wildman–Crippen LogP) is 2.41. The topological polar surface area (TPSA) is 81.8 Å². The zero-order chi connectivity index (χ0) is 19.1. The first-order valence-electron chi connectivity index (χ1n) is 9.47. The van der Waals surface area contributed by atoms with E-state index in [9.17, 15) is 4.39 Å². The summed E-state index contributed by atoms with van der Waals surface area (Å²) in [5.74, 6) is 0.950. The molecule has 8 heteroatoms. The Morgan fingerprint density at radius 1 is 1.21 bits per heavy atom. The first-order chi connectivity index (χ1) is 13.7. The Bertz CT molecular complexity index is 1020. The van der Waals surface area contributed by atoms with Gasteiger partial charge in [0.25, 0.3) is 0 Å². The van der Waals surface area contributed by atoms with Gasteiger partial charge < -0.3 is 0 Å². The number of aromatic nitrogens is 3. The minimum atomic E-state index is -0.299. The molecule has 2 N–H and O–H groups in total. The van der Waals surface area contributed by atoms with Crippen LogP contribution in [0.4, 0.5) is 4.39 Å². The van der Waals surface area contributed by atoms with Gasteiger partial charge in [0.15, 0.2) is 5.82 Å². The molecular weight excluding hydrogens is 357 g/mol. The van der Waals surface area contributed by atoms with Crippen molar-refractivity contribution in [2.45, 2.75) is 25.4 Å². The molecule has 4 heterocycles. The van der Waals surface area contributed by atoms with Gasteiger partial charge in [0.2, 0.25) is 0 Å². The molecule has 0 bridgehead atoms. The Labute approximate surface area is 162 Å². The molecule has 28 heavy (non-hydrogen) atoms. The standard InChI is InChI=1S/C20H20FN7/c21-17-9-13(10-22)1-2-15(17)11-27-7-4-14(5-8-27)18-19-16-3-6-23-20(16)24-12-28(19)26-25-18/h1-3,6,9,12,14,18,25-26H,4-5,7-8,11H2. The fraction of sp³-hybridized carbons (Fsp3) is 0.350. The van der Waals surface area contributed by atoms with Crippen LogP contribution in [0.2, 0.25) is 0 Å². The van der Waals surface area contributed by atoms with Crippen LogP contribution in [0.1, 0.15) is 35.7 Å². The molecule has 1 fully saturated rings. The molecule has 4 aliphatic rings. The van der Waals surface area contributed by atoms with Crippen LogP contribution in [0, 0.1) is 23.1 Å². The van der Waals surface area contributed by atoms with E-state index in [1.807, 2.05) is 16.8 Å². The summed E-state index contributed by atoms with van der Waals surface area (Å²) >= 11 is 0. The number of nitrogens with one attached hydrogen (secondary N) is 2. The normalized spacial score (nSPS) is 20.1. The van der Waals surface area contributed by atoms with Crippen LogP contribution in [0.25, 0.3) is 11.4 Å². The number of hydrazine groups is 1. The summed E-state index contributed by atoms with van der Waals surface area (Å²) in [5.41, 5.74) is 9.85. The smallest absolute Gasteiger partial charge is 0.162 e. The van der Waals surface area contributed by atoms with Crippen molar-refractivity contribution in [3.63, 3.8) is 0 Å². The fourth-order valence-electron chi connectivity index (χ4n) is 4.32. The lowest BCUT2D eigenvalue weighted by molar-refractivity contribution is 0.155. The van der Waals surface area contributed by atoms with Gasteiger partial charge in [-0.05, 0) is 50.0 Å². The number of likely N-dealkylation sites (tertiary alicyclic amines) is 1. The Hall–Kier alpha value is -3.02. The maximum absolute atomic E-state index is 14.2. The average molecular weight is 377 g/mol. The van der Waals surface area contributed by atoms with Crippen LogP contribution in [-0.2, 0) is 6.54 Å². The van der Waals surface area contributed by atoms with Crippen LogP contribution < -0.4 is 11.0 Å². The predicted molar refractivity (Wildman–Crippen MR) is 101 cm³/mol. The summed E-state index contributed by atoms with van der Waals surface area (Å²) in [4.78, 5) is 11.0. The van der Waals surface area contributed by atoms with Crippen molar-refractivity contribution in [2.24, 2.45) is 5.92 Å². The SMILES string of the molecule is N#Cc1ccc(CN2CCC(C3NNn4cnc5nccc-5c43)CC2)c(F)c1. The summed E-state index contributed by atoms with van der Waals surface area (Å²) in [7, 11) is 0. The second kappa shape index (κ2) is 6.86. The van der Waals surface area contributed by atoms with E-state index in [-0.39, 0.29) is 11.9 Å². The molecule has 1 atom stereocenters. The summed E-state index contributed by atoms with van der Waals surface area (Å²) < 4.78 is 16.1. The van der Waals surface area contributed by atoms with Gasteiger partial charge in [0.05, 0.1) is 23.4 Å². The molecule has 0 amide bonds. The van der Waals surface area contributed by atoms with Crippen LogP contribution in [0.5, 0.6) is 0 Å². The number of nitrogens with zero attached hydrogens (tertiary/aromatic N) is 5. The van der Waals surface area contributed by atoms with Gasteiger partial charge in [-0.2, -0.15) is 5.26 Å². The van der Waals surface area contributed by atoms with Crippen molar-refractivity contribution in [1.82, 2.24) is 25.0 Å². The summed E-state index contributed by atoms with van der Waals surface area (Å²) in [5, 5.41) is 8.88. The lowest BCUT2D eigenvalue weighted by atomic mass is 9.86. The van der Waals surface area contributed by atoms with E-state index in [1.54, 1.807) is 24.7 Å². The van der Waals surface area contributed by atoms with E-state index >= 15 is 0 Å². The van der Waals surface area contributed by atoms with E-state index < -0.39 is 0 Å². The molecule has 7 nitrogen and oxygen atoms in total. The fourth-order valence-corrected chi connectivity index (χ4v) is 4.32. The minimum absolute atomic E-state index is 0.198. The lowest BCUT2D eigenvalue weighted by Gasteiger charge is -2.34. The maximum Gasteiger partial charge on any atom is 0.162 e. The summed E-state index contributed by atoms with van der Waals surface area (Å²) in [6.45, 7) is 2.40. The van der Waals surface area contributed by atoms with Crippen molar-refractivity contribution < 1.29 is 4.39 Å². The average Bonchev–Trinajstić information content (AvgIpc) is 3.36. The van der Waals surface area contributed by atoms with E-state index in [0.29, 0.717) is 23.6 Å². The van der Waals surface area contributed by atoms with Gasteiger partial charge in [-0.15, -0.1) is 0 Å². The van der Waals surface area contributed by atoms with Gasteiger partial charge >= 0.3 is 0 Å². The number of benzene rings is 1. The molecule has 142 valence electrons. The monoisotopic (exact) mass is 377 g/mol. The maximum atomic E-state index is 14.2. The molecule has 4 aliphatic heterocycles. The van der Waals surface area contributed by atoms with Crippen LogP contribution in [0.15, 0.2) is 36.8 Å². The van der Waals surface area contributed by atoms with E-state index in [2.05, 4.69) is 25.8 Å². The first-order valence-corrected chi connectivity index (χ1v) is 9.47. The van der Waals surface area contributed by atoms with Gasteiger partial charge in [0.1, 0.15) is 12.1 Å². The Kier molecular flexibility index (Phi) is 4.19. The number of hydrogen-bond acceptors (Lipinski definition) is 6. The van der Waals surface area contributed by atoms with Crippen molar-refractivity contribution in [3.05, 3.63) is 59.4 Å². The molecule has 1 aromatic carbocycles. The second-order valence-corrected chi connectivity index (χ2v) is 7.45. The highest BCUT2D eigenvalue weighted by atomic mass is 19.1. The zero-order valence-electron chi connectivity index (χ0n) is 15.3. The molecule has 0 aromatic heterocycles. The quantitative estimate of drug-likeness (QED) is 0.730. The van der Waals surface area contributed by atoms with E-state index in [0.717, 1.165) is 37.3 Å². The molecule has 0 saturated carbocycles. The van der Waals surface area contributed by atoms with Crippen LogP contribution in [-0.4, -0.2) is 32.6 Å². The second-order valence-electron chi connectivity index (χ2n) is 7.45. The number of nitriles is 1. The highest BCUT2D eigenvalue weighted by Gasteiger charge is 2.35. The molecule has 5 rings (SSSR count). The largest absolute Gasteiger partial charge is 0.299 e. The molecule has 1 saturated heterocycles. The molecule has 1 unspecified atom stereocenters. The Morgan fingerprint density at radius 3 is 2.86 bits per heavy atom. The van der Waals surface area contributed by atoms with Crippen molar-refractivity contribution in [1.29, 1.82) is 5.26 Å². The molecule has 1 aromatic rings. The summed E-state index contributed by atoms with van der Waals surface area (Å²) in [6, 6.07) is 8.91. The zero-order valence-corrected chi connectivity index (χ0v) is 15.3. The van der Waals surface area contributed by atoms with Crippen molar-refractivity contribution in [2.75, 3.05) is 18.6 Å². The number of hydrogen-bond donors (Lipinski definition) is 2. The highest BCUT2D eigenvalue weighted by Crippen LogP contribution is 2.37. The number of fused-ring (bicyclic) bond motifs is 3. The number of rotatable bonds is 3. The van der Waals surface area contributed by atoms with Gasteiger partial charge in [-0.25, -0.2) is 24.5 Å². The molecule has 0 aliphatic carbocycles. The minimum Gasteiger partial charge on any atom is -0.299 e. The van der Waals surface area contributed by atoms with Gasteiger partial charge in [0, 0.05) is 23.9 Å². The molecule has 0 radical (unpaired) electrons.